The molecule has 0 atom stereocenters. The fourth-order valence-electron chi connectivity index (χ4n) is 5.21. The van der Waals surface area contributed by atoms with Crippen LogP contribution in [0.2, 0.25) is 39.3 Å². The lowest BCUT2D eigenvalue weighted by Gasteiger charge is -2.43. The Labute approximate surface area is 226 Å². The van der Waals surface area contributed by atoms with Gasteiger partial charge in [0.2, 0.25) is 16.6 Å². The molecule has 0 aliphatic heterocycles. The molecule has 0 bridgehead atoms. The van der Waals surface area contributed by atoms with Crippen LogP contribution < -0.4 is 20.7 Å². The van der Waals surface area contributed by atoms with Gasteiger partial charge in [0.15, 0.2) is 0 Å². The van der Waals surface area contributed by atoms with E-state index in [0.29, 0.717) is 0 Å². The summed E-state index contributed by atoms with van der Waals surface area (Å²) in [5.41, 5.74) is 0. The summed E-state index contributed by atoms with van der Waals surface area (Å²) in [6, 6.07) is 42.6. The highest BCUT2D eigenvalue weighted by molar-refractivity contribution is 7.03. The summed E-state index contributed by atoms with van der Waals surface area (Å²) in [5.74, 6) is 0. The Hall–Kier alpha value is -2.37. The summed E-state index contributed by atoms with van der Waals surface area (Å²) < 4.78 is 21.4. The molecule has 0 fully saturated rings. The van der Waals surface area contributed by atoms with E-state index >= 15 is 0 Å². The fraction of sp³-hybridized carbons (Fsp3) is 0.200. The third-order valence-corrected chi connectivity index (χ3v) is 23.6. The Morgan fingerprint density at radius 1 is 0.324 bits per heavy atom. The second kappa shape index (κ2) is 11.2. The van der Waals surface area contributed by atoms with Crippen molar-refractivity contribution in [3.8, 4) is 0 Å². The van der Waals surface area contributed by atoms with Crippen molar-refractivity contribution in [1.29, 1.82) is 0 Å². The van der Waals surface area contributed by atoms with E-state index < -0.39 is 33.8 Å². The van der Waals surface area contributed by atoms with Crippen molar-refractivity contribution in [1.82, 2.24) is 0 Å². The molecular weight excluding hydrogens is 521 g/mol. The van der Waals surface area contributed by atoms with Gasteiger partial charge in [-0.25, -0.2) is 0 Å². The molecule has 4 rings (SSSR count). The lowest BCUT2D eigenvalue weighted by atomic mass is 10.4. The molecular formula is C30H38O3Si4. The van der Waals surface area contributed by atoms with Gasteiger partial charge in [0.25, 0.3) is 0 Å². The Morgan fingerprint density at radius 2 is 0.541 bits per heavy atom. The first-order valence-corrected chi connectivity index (χ1v) is 23.3. The minimum absolute atomic E-state index is 1.25. The van der Waals surface area contributed by atoms with Crippen molar-refractivity contribution in [3.63, 3.8) is 0 Å². The van der Waals surface area contributed by atoms with Gasteiger partial charge in [-0.1, -0.05) is 121 Å². The van der Waals surface area contributed by atoms with Gasteiger partial charge in [-0.05, 0) is 60.0 Å². The maximum Gasteiger partial charge on any atom is 0.313 e. The highest BCUT2D eigenvalue weighted by Crippen LogP contribution is 2.24. The first-order valence-electron chi connectivity index (χ1n) is 12.9. The van der Waals surface area contributed by atoms with Crippen LogP contribution in [0.4, 0.5) is 0 Å². The van der Waals surface area contributed by atoms with Crippen LogP contribution in [0.5, 0.6) is 0 Å². The zero-order valence-corrected chi connectivity index (χ0v) is 26.8. The summed E-state index contributed by atoms with van der Waals surface area (Å²) >= 11 is 0. The van der Waals surface area contributed by atoms with Crippen LogP contribution in [0.1, 0.15) is 0 Å². The largest absolute Gasteiger partial charge is 0.429 e. The molecule has 0 aromatic heterocycles. The minimum Gasteiger partial charge on any atom is -0.429 e. The van der Waals surface area contributed by atoms with E-state index in [1.54, 1.807) is 0 Å². The van der Waals surface area contributed by atoms with Gasteiger partial charge in [-0.15, -0.1) is 0 Å². The highest BCUT2D eigenvalue weighted by atomic mass is 28.5. The lowest BCUT2D eigenvalue weighted by molar-refractivity contribution is 0.336. The Kier molecular flexibility index (Phi) is 8.34. The van der Waals surface area contributed by atoms with Crippen molar-refractivity contribution in [2.24, 2.45) is 0 Å². The molecule has 192 valence electrons. The second-order valence-corrected chi connectivity index (χ2v) is 25.1. The third kappa shape index (κ3) is 6.56. The zero-order chi connectivity index (χ0) is 26.6. The van der Waals surface area contributed by atoms with Crippen LogP contribution in [0.3, 0.4) is 0 Å². The molecule has 37 heavy (non-hydrogen) atoms. The van der Waals surface area contributed by atoms with Crippen LogP contribution >= 0.6 is 0 Å². The summed E-state index contributed by atoms with van der Waals surface area (Å²) in [4.78, 5) is 0. The van der Waals surface area contributed by atoms with E-state index in [1.807, 2.05) is 0 Å². The summed E-state index contributed by atoms with van der Waals surface area (Å²) in [6.07, 6.45) is 0. The molecule has 0 N–H and O–H groups in total. The third-order valence-electron chi connectivity index (χ3n) is 6.69. The number of hydrogen-bond donors (Lipinski definition) is 0. The normalized spacial score (nSPS) is 12.9. The topological polar surface area (TPSA) is 27.7 Å². The van der Waals surface area contributed by atoms with Crippen molar-refractivity contribution >= 4 is 54.5 Å². The molecule has 0 radical (unpaired) electrons. The molecule has 0 saturated carbocycles. The summed E-state index contributed by atoms with van der Waals surface area (Å²) in [5, 5.41) is 4.99. The monoisotopic (exact) mass is 558 g/mol. The Balaban J connectivity index is 1.65. The molecule has 0 spiro atoms. The van der Waals surface area contributed by atoms with E-state index in [9.17, 15) is 0 Å². The quantitative estimate of drug-likeness (QED) is 0.250. The number of hydrogen-bond acceptors (Lipinski definition) is 3. The van der Waals surface area contributed by atoms with Gasteiger partial charge in [0.05, 0.1) is 0 Å². The molecule has 0 unspecified atom stereocenters. The van der Waals surface area contributed by atoms with Crippen LogP contribution in [0.15, 0.2) is 121 Å². The van der Waals surface area contributed by atoms with Gasteiger partial charge in [-0.3, -0.25) is 0 Å². The molecule has 4 aromatic rings. The molecule has 4 aromatic carbocycles. The smallest absolute Gasteiger partial charge is 0.313 e. The van der Waals surface area contributed by atoms with Gasteiger partial charge in [0, 0.05) is 0 Å². The van der Waals surface area contributed by atoms with Gasteiger partial charge in [-0.2, -0.15) is 0 Å². The van der Waals surface area contributed by atoms with E-state index in [-0.39, 0.29) is 0 Å². The van der Waals surface area contributed by atoms with Crippen molar-refractivity contribution in [2.45, 2.75) is 39.3 Å². The van der Waals surface area contributed by atoms with Crippen molar-refractivity contribution < 1.29 is 12.3 Å². The Bertz CT molecular complexity index is 1090. The molecule has 3 nitrogen and oxygen atoms in total. The Morgan fingerprint density at radius 3 is 0.757 bits per heavy atom. The summed E-state index contributed by atoms with van der Waals surface area (Å²) in [7, 11) is -10.3. The zero-order valence-electron chi connectivity index (χ0n) is 22.8. The predicted molar refractivity (Wildman–Crippen MR) is 166 cm³/mol. The fourth-order valence-corrected chi connectivity index (χ4v) is 24.8. The molecule has 0 aliphatic rings. The maximum atomic E-state index is 7.19. The number of rotatable bonds is 10. The van der Waals surface area contributed by atoms with Crippen molar-refractivity contribution in [3.05, 3.63) is 121 Å². The average Bonchev–Trinajstić information content (AvgIpc) is 2.89. The van der Waals surface area contributed by atoms with Gasteiger partial charge in [0.1, 0.15) is 0 Å². The molecule has 0 heterocycles. The highest BCUT2D eigenvalue weighted by Gasteiger charge is 2.48. The minimum atomic E-state index is -2.62. The predicted octanol–water partition coefficient (Wildman–Crippen LogP) is 5.22. The number of benzene rings is 4. The van der Waals surface area contributed by atoms with Gasteiger partial charge >= 0.3 is 17.1 Å². The van der Waals surface area contributed by atoms with Crippen LogP contribution in [0.25, 0.3) is 0 Å². The van der Waals surface area contributed by atoms with E-state index in [0.717, 1.165) is 0 Å². The van der Waals surface area contributed by atoms with Crippen molar-refractivity contribution in [2.75, 3.05) is 0 Å². The average molecular weight is 559 g/mol. The molecule has 0 aliphatic carbocycles. The lowest BCUT2D eigenvalue weighted by Crippen LogP contribution is -2.67. The standard InChI is InChI=1S/C30H38O3Si4/c1-34(2,32-36(5,27-19-11-7-12-20-27)28-21-13-8-14-22-28)31-35(3,4)33-37(6,29-23-15-9-16-24-29)30-25-17-10-18-26-30/h7-26H,1-6H3. The molecule has 7 heteroatoms. The van der Waals surface area contributed by atoms with Crippen LogP contribution in [0, 0.1) is 0 Å². The van der Waals surface area contributed by atoms with Crippen LogP contribution in [-0.4, -0.2) is 33.8 Å². The summed E-state index contributed by atoms with van der Waals surface area (Å²) in [6.45, 7) is 13.3. The van der Waals surface area contributed by atoms with E-state index in [1.165, 1.54) is 20.7 Å². The first kappa shape index (κ1) is 27.7. The van der Waals surface area contributed by atoms with E-state index in [4.69, 9.17) is 12.3 Å². The SMILES string of the molecule is C[Si](C)(O[Si](C)(C)O[Si](C)(c1ccccc1)c1ccccc1)O[Si](C)(c1ccccc1)c1ccccc1. The molecule has 0 saturated heterocycles. The van der Waals surface area contributed by atoms with Crippen LogP contribution in [-0.2, 0) is 12.3 Å². The molecule has 0 amide bonds. The van der Waals surface area contributed by atoms with Gasteiger partial charge < -0.3 is 12.3 Å². The maximum absolute atomic E-state index is 7.19. The first-order chi connectivity index (χ1) is 17.5. The second-order valence-electron chi connectivity index (χ2n) is 10.6. The van der Waals surface area contributed by atoms with E-state index in [2.05, 4.69) is 161 Å².